The number of aliphatic hydroxyl groups excluding tert-OH is 1. The number of thioether (sulfide) groups is 2. The van der Waals surface area contributed by atoms with Crippen molar-refractivity contribution in [1.82, 2.24) is 29.5 Å². The molecule has 0 aliphatic rings. The minimum Gasteiger partial charge on any atom is -0.387 e. The fourth-order valence-electron chi connectivity index (χ4n) is 4.28. The van der Waals surface area contributed by atoms with E-state index in [1.807, 2.05) is 42.8 Å². The van der Waals surface area contributed by atoms with Gasteiger partial charge in [-0.25, -0.2) is 18.4 Å². The van der Waals surface area contributed by atoms with Gasteiger partial charge in [-0.1, -0.05) is 32.0 Å². The SMILES string of the molecule is CC(Sc1ccc(C(O)C(C)S[C@H](C)[C@](O)(Cn2cncn2)c2ccc(F)cc2F)cc1)c1nncn1C. The van der Waals surface area contributed by atoms with Crippen LogP contribution in [0.3, 0.4) is 0 Å². The Bertz CT molecular complexity index is 1340. The molecular weight excluding hydrogens is 530 g/mol. The highest BCUT2D eigenvalue weighted by Crippen LogP contribution is 2.41. The average molecular weight is 561 g/mol. The summed E-state index contributed by atoms with van der Waals surface area (Å²) in [5, 5.41) is 34.1. The van der Waals surface area contributed by atoms with Crippen LogP contribution < -0.4 is 0 Å². The van der Waals surface area contributed by atoms with Crippen molar-refractivity contribution in [2.45, 2.75) is 59.7 Å². The number of aryl methyl sites for hydroxylation is 1. The standard InChI is InChI=1S/C26H30F2N6O2S2/c1-16(24(35)19-5-8-21(9-6-19)38-17(2)25-32-30-15-33(25)4)37-18(3)26(36,12-34-14-29-13-31-34)22-10-7-20(27)11-23(22)28/h5-11,13-18,24,35-36H,12H2,1-4H3/t16?,17?,18-,24?,26-/m1/s1. The van der Waals surface area contributed by atoms with E-state index in [9.17, 15) is 19.0 Å². The second kappa shape index (κ2) is 11.9. The van der Waals surface area contributed by atoms with Crippen LogP contribution in [0.1, 0.15) is 49.1 Å². The molecule has 2 heterocycles. The fourth-order valence-corrected chi connectivity index (χ4v) is 6.67. The number of rotatable bonds is 11. The van der Waals surface area contributed by atoms with Crippen LogP contribution in [-0.2, 0) is 19.2 Å². The Labute approximate surface area is 228 Å². The van der Waals surface area contributed by atoms with Gasteiger partial charge >= 0.3 is 0 Å². The molecule has 0 radical (unpaired) electrons. The van der Waals surface area contributed by atoms with Crippen molar-refractivity contribution >= 4 is 23.5 Å². The number of halogens is 2. The number of hydrogen-bond donors (Lipinski definition) is 2. The van der Waals surface area contributed by atoms with Crippen LogP contribution in [0.4, 0.5) is 8.78 Å². The number of nitrogens with zero attached hydrogens (tertiary/aromatic N) is 6. The van der Waals surface area contributed by atoms with E-state index in [-0.39, 0.29) is 22.6 Å². The number of benzene rings is 2. The molecule has 0 amide bonds. The predicted molar refractivity (Wildman–Crippen MR) is 143 cm³/mol. The number of aromatic nitrogens is 6. The Morgan fingerprint density at radius 2 is 1.79 bits per heavy atom. The van der Waals surface area contributed by atoms with E-state index in [4.69, 9.17) is 0 Å². The largest absolute Gasteiger partial charge is 0.387 e. The first-order chi connectivity index (χ1) is 18.1. The lowest BCUT2D eigenvalue weighted by Crippen LogP contribution is -2.42. The Balaban J connectivity index is 1.47. The maximum Gasteiger partial charge on any atom is 0.145 e. The molecule has 12 heteroatoms. The molecule has 2 N–H and O–H groups in total. The highest BCUT2D eigenvalue weighted by atomic mass is 32.2. The third-order valence-electron chi connectivity index (χ3n) is 6.45. The quantitative estimate of drug-likeness (QED) is 0.255. The molecule has 0 aliphatic carbocycles. The molecule has 4 rings (SSSR count). The van der Waals surface area contributed by atoms with Gasteiger partial charge in [0.2, 0.25) is 0 Å². The topological polar surface area (TPSA) is 102 Å². The molecule has 0 fully saturated rings. The molecule has 4 aromatic rings. The normalized spacial score (nSPS) is 16.5. The van der Waals surface area contributed by atoms with Crippen LogP contribution in [0.2, 0.25) is 0 Å². The molecule has 0 spiro atoms. The summed E-state index contributed by atoms with van der Waals surface area (Å²) < 4.78 is 31.7. The zero-order valence-corrected chi connectivity index (χ0v) is 23.1. The summed E-state index contributed by atoms with van der Waals surface area (Å²) in [6.45, 7) is 5.56. The first kappa shape index (κ1) is 28.2. The van der Waals surface area contributed by atoms with Crippen molar-refractivity contribution in [2.75, 3.05) is 0 Å². The first-order valence-electron chi connectivity index (χ1n) is 12.0. The molecule has 38 heavy (non-hydrogen) atoms. The molecule has 0 saturated heterocycles. The van der Waals surface area contributed by atoms with Crippen molar-refractivity contribution in [3.63, 3.8) is 0 Å². The highest BCUT2D eigenvalue weighted by Gasteiger charge is 2.41. The van der Waals surface area contributed by atoms with Crippen molar-refractivity contribution in [3.05, 3.63) is 90.0 Å². The number of aliphatic hydroxyl groups is 2. The maximum atomic E-state index is 14.8. The van der Waals surface area contributed by atoms with Crippen molar-refractivity contribution in [1.29, 1.82) is 0 Å². The third-order valence-corrected chi connectivity index (χ3v) is 9.04. The molecule has 2 aromatic carbocycles. The van der Waals surface area contributed by atoms with E-state index in [0.29, 0.717) is 0 Å². The molecular formula is C26H30F2N6O2S2. The van der Waals surface area contributed by atoms with Crippen molar-refractivity contribution in [2.24, 2.45) is 7.05 Å². The van der Waals surface area contributed by atoms with Gasteiger partial charge in [-0.2, -0.15) is 5.10 Å². The molecule has 3 unspecified atom stereocenters. The smallest absolute Gasteiger partial charge is 0.145 e. The lowest BCUT2D eigenvalue weighted by molar-refractivity contribution is 0.0129. The average Bonchev–Trinajstić information content (AvgIpc) is 3.55. The molecule has 5 atom stereocenters. The van der Waals surface area contributed by atoms with Gasteiger partial charge < -0.3 is 14.8 Å². The van der Waals surface area contributed by atoms with Gasteiger partial charge in [-0.3, -0.25) is 0 Å². The van der Waals surface area contributed by atoms with Crippen LogP contribution >= 0.6 is 23.5 Å². The van der Waals surface area contributed by atoms with Gasteiger partial charge in [0.05, 0.1) is 17.9 Å². The van der Waals surface area contributed by atoms with Gasteiger partial charge in [0, 0.05) is 34.1 Å². The summed E-state index contributed by atoms with van der Waals surface area (Å²) in [5.41, 5.74) is -1.07. The second-order valence-electron chi connectivity index (χ2n) is 9.20. The van der Waals surface area contributed by atoms with Crippen LogP contribution in [0.5, 0.6) is 0 Å². The van der Waals surface area contributed by atoms with Gasteiger partial charge in [-0.15, -0.1) is 33.7 Å². The maximum absolute atomic E-state index is 14.8. The Morgan fingerprint density at radius 1 is 1.05 bits per heavy atom. The number of hydrogen-bond acceptors (Lipinski definition) is 8. The van der Waals surface area contributed by atoms with Crippen molar-refractivity contribution < 1.29 is 19.0 Å². The van der Waals surface area contributed by atoms with Crippen LogP contribution in [0.25, 0.3) is 0 Å². The van der Waals surface area contributed by atoms with E-state index in [1.165, 1.54) is 35.2 Å². The van der Waals surface area contributed by atoms with E-state index in [0.717, 1.165) is 28.4 Å². The highest BCUT2D eigenvalue weighted by molar-refractivity contribution is 8.00. The Hall–Kier alpha value is -2.80. The van der Waals surface area contributed by atoms with Crippen LogP contribution in [0.15, 0.2) is 66.3 Å². The summed E-state index contributed by atoms with van der Waals surface area (Å²) in [6.07, 6.45) is 3.57. The van der Waals surface area contributed by atoms with E-state index >= 15 is 0 Å². The van der Waals surface area contributed by atoms with Gasteiger partial charge in [0.1, 0.15) is 42.0 Å². The van der Waals surface area contributed by atoms with Crippen molar-refractivity contribution in [3.8, 4) is 0 Å². The molecule has 0 saturated carbocycles. The molecule has 2 aromatic heterocycles. The Kier molecular flexibility index (Phi) is 8.86. The van der Waals surface area contributed by atoms with E-state index in [1.54, 1.807) is 25.0 Å². The van der Waals surface area contributed by atoms with E-state index < -0.39 is 28.6 Å². The van der Waals surface area contributed by atoms with Gasteiger partial charge in [0.15, 0.2) is 0 Å². The zero-order chi connectivity index (χ0) is 27.4. The van der Waals surface area contributed by atoms with Gasteiger partial charge in [-0.05, 0) is 30.7 Å². The molecule has 0 bridgehead atoms. The lowest BCUT2D eigenvalue weighted by atomic mass is 9.90. The molecule has 0 aliphatic heterocycles. The minimum atomic E-state index is -1.75. The summed E-state index contributed by atoms with van der Waals surface area (Å²) >= 11 is 2.95. The third kappa shape index (κ3) is 6.25. The molecule has 8 nitrogen and oxygen atoms in total. The fraction of sp³-hybridized carbons (Fsp3) is 0.385. The summed E-state index contributed by atoms with van der Waals surface area (Å²) in [7, 11) is 1.91. The van der Waals surface area contributed by atoms with E-state index in [2.05, 4.69) is 27.2 Å². The predicted octanol–water partition coefficient (Wildman–Crippen LogP) is 4.67. The second-order valence-corrected chi connectivity index (χ2v) is 12.3. The van der Waals surface area contributed by atoms with Gasteiger partial charge in [0.25, 0.3) is 0 Å². The van der Waals surface area contributed by atoms with Crippen LogP contribution in [-0.4, -0.2) is 50.2 Å². The summed E-state index contributed by atoms with van der Waals surface area (Å²) in [4.78, 5) is 4.93. The zero-order valence-electron chi connectivity index (χ0n) is 21.4. The summed E-state index contributed by atoms with van der Waals surface area (Å²) in [6, 6.07) is 10.8. The lowest BCUT2D eigenvalue weighted by Gasteiger charge is -2.36. The Morgan fingerprint density at radius 3 is 2.39 bits per heavy atom. The monoisotopic (exact) mass is 560 g/mol. The molecule has 202 valence electrons. The first-order valence-corrected chi connectivity index (χ1v) is 13.8. The van der Waals surface area contributed by atoms with Crippen LogP contribution in [0, 0.1) is 11.6 Å². The minimum absolute atomic E-state index is 0.0468. The summed E-state index contributed by atoms with van der Waals surface area (Å²) in [5.74, 6) is -0.711.